The quantitative estimate of drug-likeness (QED) is 0.588. The van der Waals surface area contributed by atoms with E-state index in [-0.39, 0.29) is 0 Å². The smallest absolute Gasteiger partial charge is 0.110 e. The first kappa shape index (κ1) is 14.5. The molecule has 0 radical (unpaired) electrons. The highest BCUT2D eigenvalue weighted by molar-refractivity contribution is 6.01. The van der Waals surface area contributed by atoms with Crippen LogP contribution < -0.4 is 0 Å². The summed E-state index contributed by atoms with van der Waals surface area (Å²) < 4.78 is 5.04. The standard InChI is InChI=1S/C16H21NO/c1-5-13-9-14(6-2)11-15(10-13)7-8-16(17-3)12-18-4/h9-11H,5-6,12H2,1-4H3/b17-16-. The van der Waals surface area contributed by atoms with Crippen molar-refractivity contribution in [1.29, 1.82) is 0 Å². The number of nitrogens with zero attached hydrogens (tertiary/aromatic N) is 1. The van der Waals surface area contributed by atoms with E-state index < -0.39 is 0 Å². The fraction of sp³-hybridized carbons (Fsp3) is 0.438. The molecule has 0 atom stereocenters. The molecule has 0 saturated carbocycles. The van der Waals surface area contributed by atoms with E-state index in [0.29, 0.717) is 6.61 Å². The summed E-state index contributed by atoms with van der Waals surface area (Å²) in [5.41, 5.74) is 4.50. The van der Waals surface area contributed by atoms with Gasteiger partial charge in [0.15, 0.2) is 0 Å². The van der Waals surface area contributed by atoms with E-state index in [2.05, 4.69) is 48.9 Å². The third-order valence-corrected chi connectivity index (χ3v) is 2.77. The molecule has 0 N–H and O–H groups in total. The van der Waals surface area contributed by atoms with E-state index in [0.717, 1.165) is 24.1 Å². The van der Waals surface area contributed by atoms with Crippen molar-refractivity contribution in [2.24, 2.45) is 4.99 Å². The first-order chi connectivity index (χ1) is 8.73. The number of aryl methyl sites for hydroxylation is 2. The van der Waals surface area contributed by atoms with Gasteiger partial charge in [-0.3, -0.25) is 4.99 Å². The second-order valence-electron chi connectivity index (χ2n) is 4.10. The number of methoxy groups -OCH3 is 1. The number of hydrogen-bond acceptors (Lipinski definition) is 2. The maximum Gasteiger partial charge on any atom is 0.110 e. The molecule has 0 saturated heterocycles. The van der Waals surface area contributed by atoms with Crippen LogP contribution in [-0.4, -0.2) is 26.5 Å². The largest absolute Gasteiger partial charge is 0.378 e. The molecule has 0 aromatic heterocycles. The molecule has 0 spiro atoms. The summed E-state index contributed by atoms with van der Waals surface area (Å²) in [5, 5.41) is 0. The third kappa shape index (κ3) is 4.35. The van der Waals surface area contributed by atoms with Crippen LogP contribution in [0.15, 0.2) is 23.2 Å². The van der Waals surface area contributed by atoms with Gasteiger partial charge in [0.05, 0.1) is 6.61 Å². The zero-order valence-electron chi connectivity index (χ0n) is 11.7. The van der Waals surface area contributed by atoms with Crippen molar-refractivity contribution in [3.05, 3.63) is 34.9 Å². The van der Waals surface area contributed by atoms with Crippen LogP contribution in [0, 0.1) is 11.8 Å². The van der Waals surface area contributed by atoms with Crippen LogP contribution in [0.3, 0.4) is 0 Å². The summed E-state index contributed by atoms with van der Waals surface area (Å²) in [7, 11) is 3.39. The van der Waals surface area contributed by atoms with Crippen LogP contribution in [0.25, 0.3) is 0 Å². The van der Waals surface area contributed by atoms with Crippen LogP contribution >= 0.6 is 0 Å². The van der Waals surface area contributed by atoms with Gasteiger partial charge < -0.3 is 4.74 Å². The Labute approximate surface area is 110 Å². The highest BCUT2D eigenvalue weighted by Gasteiger charge is 1.97. The average molecular weight is 243 g/mol. The van der Waals surface area contributed by atoms with Crippen LogP contribution in [0.4, 0.5) is 0 Å². The van der Waals surface area contributed by atoms with Crippen molar-refractivity contribution >= 4 is 5.71 Å². The lowest BCUT2D eigenvalue weighted by molar-refractivity contribution is 0.246. The van der Waals surface area contributed by atoms with Crippen LogP contribution in [0.1, 0.15) is 30.5 Å². The SMILES string of the molecule is CCc1cc(C#C/C(COC)=N/C)cc(CC)c1. The molecule has 0 aliphatic heterocycles. The zero-order chi connectivity index (χ0) is 13.4. The predicted molar refractivity (Wildman–Crippen MR) is 77.3 cm³/mol. The molecule has 2 heteroatoms. The molecule has 0 aliphatic rings. The summed E-state index contributed by atoms with van der Waals surface area (Å²) in [6.45, 7) is 4.79. The topological polar surface area (TPSA) is 21.6 Å². The van der Waals surface area contributed by atoms with Gasteiger partial charge in [-0.05, 0) is 42.0 Å². The Morgan fingerprint density at radius 1 is 1.17 bits per heavy atom. The average Bonchev–Trinajstić information content (AvgIpc) is 2.42. The van der Waals surface area contributed by atoms with E-state index in [1.54, 1.807) is 14.2 Å². The molecule has 0 heterocycles. The monoisotopic (exact) mass is 243 g/mol. The van der Waals surface area contributed by atoms with Crippen molar-refractivity contribution in [2.75, 3.05) is 20.8 Å². The van der Waals surface area contributed by atoms with Gasteiger partial charge in [0.2, 0.25) is 0 Å². The van der Waals surface area contributed by atoms with Crippen LogP contribution in [-0.2, 0) is 17.6 Å². The Hall–Kier alpha value is -1.59. The van der Waals surface area contributed by atoms with E-state index in [1.807, 2.05) is 0 Å². The molecule has 2 nitrogen and oxygen atoms in total. The number of rotatable bonds is 4. The second kappa shape index (κ2) is 7.68. The van der Waals surface area contributed by atoms with Gasteiger partial charge in [0.25, 0.3) is 0 Å². The van der Waals surface area contributed by atoms with Crippen molar-refractivity contribution < 1.29 is 4.74 Å². The number of hydrogen-bond donors (Lipinski definition) is 0. The van der Waals surface area contributed by atoms with Crippen molar-refractivity contribution in [3.63, 3.8) is 0 Å². The van der Waals surface area contributed by atoms with Gasteiger partial charge in [0, 0.05) is 19.7 Å². The van der Waals surface area contributed by atoms with Crippen molar-refractivity contribution in [1.82, 2.24) is 0 Å². The molecule has 96 valence electrons. The molecule has 1 aromatic carbocycles. The molecule has 0 unspecified atom stereocenters. The molecule has 0 fully saturated rings. The highest BCUT2D eigenvalue weighted by Crippen LogP contribution is 2.11. The second-order valence-corrected chi connectivity index (χ2v) is 4.10. The minimum atomic E-state index is 0.470. The third-order valence-electron chi connectivity index (χ3n) is 2.77. The minimum Gasteiger partial charge on any atom is -0.378 e. The maximum absolute atomic E-state index is 5.04. The Morgan fingerprint density at radius 3 is 2.22 bits per heavy atom. The van der Waals surface area contributed by atoms with E-state index in [1.165, 1.54) is 11.1 Å². The van der Waals surface area contributed by atoms with Gasteiger partial charge in [0.1, 0.15) is 5.71 Å². The Kier molecular flexibility index (Phi) is 6.18. The van der Waals surface area contributed by atoms with E-state index in [4.69, 9.17) is 4.74 Å². The van der Waals surface area contributed by atoms with Gasteiger partial charge >= 0.3 is 0 Å². The minimum absolute atomic E-state index is 0.470. The summed E-state index contributed by atoms with van der Waals surface area (Å²) in [5.74, 6) is 6.23. The van der Waals surface area contributed by atoms with Crippen molar-refractivity contribution in [2.45, 2.75) is 26.7 Å². The summed E-state index contributed by atoms with van der Waals surface area (Å²) in [6.07, 6.45) is 2.07. The number of benzene rings is 1. The molecule has 1 rings (SSSR count). The lowest BCUT2D eigenvalue weighted by Gasteiger charge is -2.03. The van der Waals surface area contributed by atoms with Crippen LogP contribution in [0.2, 0.25) is 0 Å². The lowest BCUT2D eigenvalue weighted by atomic mass is 10.0. The first-order valence-electron chi connectivity index (χ1n) is 6.32. The Morgan fingerprint density at radius 2 is 1.78 bits per heavy atom. The predicted octanol–water partition coefficient (Wildman–Crippen LogP) is 2.88. The Balaban J connectivity index is 3.00. The normalized spacial score (nSPS) is 11.0. The fourth-order valence-electron chi connectivity index (χ4n) is 1.68. The van der Waals surface area contributed by atoms with Crippen LogP contribution in [0.5, 0.6) is 0 Å². The first-order valence-corrected chi connectivity index (χ1v) is 6.32. The summed E-state index contributed by atoms with van der Waals surface area (Å²) >= 11 is 0. The van der Waals surface area contributed by atoms with E-state index in [9.17, 15) is 0 Å². The molecule has 18 heavy (non-hydrogen) atoms. The van der Waals surface area contributed by atoms with Gasteiger partial charge in [-0.2, -0.15) is 0 Å². The number of aliphatic imine (C=N–C) groups is 1. The highest BCUT2D eigenvalue weighted by atomic mass is 16.5. The fourth-order valence-corrected chi connectivity index (χ4v) is 1.68. The van der Waals surface area contributed by atoms with E-state index >= 15 is 0 Å². The summed E-state index contributed by atoms with van der Waals surface area (Å²) in [6, 6.07) is 6.54. The molecule has 0 aliphatic carbocycles. The zero-order valence-corrected chi connectivity index (χ0v) is 11.7. The molecule has 0 bridgehead atoms. The lowest BCUT2D eigenvalue weighted by Crippen LogP contribution is -2.03. The van der Waals surface area contributed by atoms with Crippen molar-refractivity contribution in [3.8, 4) is 11.8 Å². The van der Waals surface area contributed by atoms with Gasteiger partial charge in [-0.15, -0.1) is 0 Å². The summed E-state index contributed by atoms with van der Waals surface area (Å²) in [4.78, 5) is 4.10. The maximum atomic E-state index is 5.04. The Bertz CT molecular complexity index is 455. The molecule has 0 amide bonds. The number of ether oxygens (including phenoxy) is 1. The van der Waals surface area contributed by atoms with Gasteiger partial charge in [-0.1, -0.05) is 25.8 Å². The van der Waals surface area contributed by atoms with Gasteiger partial charge in [-0.25, -0.2) is 0 Å². The molecular weight excluding hydrogens is 222 g/mol. The molecule has 1 aromatic rings. The molecular formula is C16H21NO.